The van der Waals surface area contributed by atoms with Crippen molar-refractivity contribution in [3.63, 3.8) is 0 Å². The van der Waals surface area contributed by atoms with Gasteiger partial charge in [-0.3, -0.25) is 4.79 Å². The van der Waals surface area contributed by atoms with Crippen molar-refractivity contribution < 1.29 is 19.7 Å². The van der Waals surface area contributed by atoms with Crippen molar-refractivity contribution in [3.05, 3.63) is 0 Å². The molecule has 0 aromatic rings. The van der Waals surface area contributed by atoms with E-state index in [2.05, 4.69) is 0 Å². The summed E-state index contributed by atoms with van der Waals surface area (Å²) in [5.74, 6) is 1.13. The van der Waals surface area contributed by atoms with Gasteiger partial charge < -0.3 is 14.9 Å². The first-order valence-electron chi connectivity index (χ1n) is 6.19. The average molecular weight is 262 g/mol. The summed E-state index contributed by atoms with van der Waals surface area (Å²) >= 11 is 1.56. The molecule has 5 heteroatoms. The van der Waals surface area contributed by atoms with Crippen LogP contribution in [0.25, 0.3) is 0 Å². The summed E-state index contributed by atoms with van der Waals surface area (Å²) in [6.45, 7) is 2.38. The molecule has 2 N–H and O–H groups in total. The molecular weight excluding hydrogens is 240 g/mol. The van der Waals surface area contributed by atoms with Crippen molar-refractivity contribution in [1.29, 1.82) is 0 Å². The van der Waals surface area contributed by atoms with Crippen molar-refractivity contribution >= 4 is 17.7 Å². The van der Waals surface area contributed by atoms with E-state index >= 15 is 0 Å². The smallest absolute Gasteiger partial charge is 0.308 e. The summed E-state index contributed by atoms with van der Waals surface area (Å²) in [5, 5.41) is 19.0. The van der Waals surface area contributed by atoms with Gasteiger partial charge in [0, 0.05) is 11.5 Å². The zero-order valence-electron chi connectivity index (χ0n) is 10.4. The maximum absolute atomic E-state index is 11.5. The Kier molecular flexibility index (Phi) is 6.30. The number of aliphatic hydroxyl groups excluding tert-OH is 1. The Labute approximate surface area is 107 Å². The summed E-state index contributed by atoms with van der Waals surface area (Å²) < 4.78 is 4.99. The molecule has 0 atom stereocenters. The summed E-state index contributed by atoms with van der Waals surface area (Å²) in [7, 11) is 0. The molecule has 0 spiro atoms. The number of carbonyl (C=O) groups excluding carboxylic acids is 1. The highest BCUT2D eigenvalue weighted by Crippen LogP contribution is 2.34. The van der Waals surface area contributed by atoms with Gasteiger partial charge in [0.15, 0.2) is 0 Å². The number of hydrogen-bond donors (Lipinski definition) is 2. The number of esters is 1. The van der Waals surface area contributed by atoms with Crippen molar-refractivity contribution in [3.8, 4) is 0 Å². The molecule has 1 rings (SSSR count). The van der Waals surface area contributed by atoms with E-state index in [1.807, 2.05) is 6.92 Å². The number of hydrogen-bond acceptors (Lipinski definition) is 5. The van der Waals surface area contributed by atoms with E-state index < -0.39 is 5.60 Å². The molecule has 1 fully saturated rings. The third kappa shape index (κ3) is 4.85. The Balaban J connectivity index is 2.31. The van der Waals surface area contributed by atoms with Crippen LogP contribution in [0.5, 0.6) is 0 Å². The van der Waals surface area contributed by atoms with Gasteiger partial charge in [0.2, 0.25) is 0 Å². The topological polar surface area (TPSA) is 66.8 Å². The molecular formula is C12H22O4S. The van der Waals surface area contributed by atoms with E-state index in [4.69, 9.17) is 9.84 Å². The predicted molar refractivity (Wildman–Crippen MR) is 68.0 cm³/mol. The van der Waals surface area contributed by atoms with Crippen molar-refractivity contribution in [1.82, 2.24) is 0 Å². The quantitative estimate of drug-likeness (QED) is 0.556. The molecule has 0 heterocycles. The second-order valence-corrected chi connectivity index (χ2v) is 5.63. The maximum atomic E-state index is 11.5. The zero-order chi connectivity index (χ0) is 12.7. The highest BCUT2D eigenvalue weighted by Gasteiger charge is 2.36. The van der Waals surface area contributed by atoms with E-state index in [9.17, 15) is 9.90 Å². The van der Waals surface area contributed by atoms with Crippen LogP contribution >= 0.6 is 11.8 Å². The van der Waals surface area contributed by atoms with Crippen molar-refractivity contribution in [2.24, 2.45) is 5.92 Å². The van der Waals surface area contributed by atoms with Gasteiger partial charge in [0.05, 0.1) is 24.7 Å². The fourth-order valence-corrected chi connectivity index (χ4v) is 3.06. The van der Waals surface area contributed by atoms with Crippen LogP contribution in [0.15, 0.2) is 0 Å². The molecule has 1 saturated carbocycles. The lowest BCUT2D eigenvalue weighted by Crippen LogP contribution is -2.38. The highest BCUT2D eigenvalue weighted by molar-refractivity contribution is 7.99. The second-order valence-electron chi connectivity index (χ2n) is 4.53. The Hall–Kier alpha value is -0.260. The molecule has 4 nitrogen and oxygen atoms in total. The predicted octanol–water partition coefficient (Wildman–Crippen LogP) is 1.20. The molecule has 0 aromatic carbocycles. The minimum absolute atomic E-state index is 0.0435. The molecule has 0 aromatic heterocycles. The second kappa shape index (κ2) is 7.24. The number of aliphatic hydroxyl groups is 2. The van der Waals surface area contributed by atoms with Crippen LogP contribution in [0.2, 0.25) is 0 Å². The van der Waals surface area contributed by atoms with Crippen LogP contribution in [0, 0.1) is 5.92 Å². The van der Waals surface area contributed by atoms with Gasteiger partial charge in [0.25, 0.3) is 0 Å². The van der Waals surface area contributed by atoms with Crippen molar-refractivity contribution in [2.45, 2.75) is 38.2 Å². The number of rotatable bonds is 6. The monoisotopic (exact) mass is 262 g/mol. The normalized spacial score (nSPS) is 29.0. The number of thioether (sulfide) groups is 1. The largest absolute Gasteiger partial charge is 0.466 e. The lowest BCUT2D eigenvalue weighted by molar-refractivity contribution is -0.150. The SMILES string of the molecule is CCOC(=O)C1CCC(O)(CSCCO)CC1. The van der Waals surface area contributed by atoms with Crippen LogP contribution in [-0.4, -0.2) is 46.5 Å². The van der Waals surface area contributed by atoms with Gasteiger partial charge >= 0.3 is 5.97 Å². The molecule has 0 aliphatic heterocycles. The molecule has 1 aliphatic carbocycles. The van der Waals surface area contributed by atoms with Gasteiger partial charge in [-0.25, -0.2) is 0 Å². The van der Waals surface area contributed by atoms with E-state index in [-0.39, 0.29) is 18.5 Å². The number of ether oxygens (including phenoxy) is 1. The van der Waals surface area contributed by atoms with Crippen LogP contribution in [0.3, 0.4) is 0 Å². The Morgan fingerprint density at radius 1 is 1.47 bits per heavy atom. The van der Waals surface area contributed by atoms with Gasteiger partial charge in [-0.15, -0.1) is 0 Å². The summed E-state index contributed by atoms with van der Waals surface area (Å²) in [6, 6.07) is 0. The highest BCUT2D eigenvalue weighted by atomic mass is 32.2. The lowest BCUT2D eigenvalue weighted by atomic mass is 9.80. The minimum atomic E-state index is -0.664. The van der Waals surface area contributed by atoms with Crippen molar-refractivity contribution in [2.75, 3.05) is 24.7 Å². The Morgan fingerprint density at radius 3 is 2.65 bits per heavy atom. The van der Waals surface area contributed by atoms with E-state index in [1.165, 1.54) is 0 Å². The molecule has 0 unspecified atom stereocenters. The first-order valence-corrected chi connectivity index (χ1v) is 7.34. The van der Waals surface area contributed by atoms with Crippen LogP contribution in [0.1, 0.15) is 32.6 Å². The van der Waals surface area contributed by atoms with Crippen LogP contribution in [0.4, 0.5) is 0 Å². The van der Waals surface area contributed by atoms with Gasteiger partial charge in [-0.05, 0) is 32.6 Å². The van der Waals surface area contributed by atoms with Gasteiger partial charge in [-0.1, -0.05) is 0 Å². The zero-order valence-corrected chi connectivity index (χ0v) is 11.2. The Bertz CT molecular complexity index is 237. The standard InChI is InChI=1S/C12H22O4S/c1-2-16-11(14)10-3-5-12(15,6-4-10)9-17-8-7-13/h10,13,15H,2-9H2,1H3. The van der Waals surface area contributed by atoms with Gasteiger partial charge in [-0.2, -0.15) is 11.8 Å². The molecule has 0 radical (unpaired) electrons. The Morgan fingerprint density at radius 2 is 2.12 bits per heavy atom. The number of carbonyl (C=O) groups is 1. The fourth-order valence-electron chi connectivity index (χ4n) is 2.12. The lowest BCUT2D eigenvalue weighted by Gasteiger charge is -2.34. The van der Waals surface area contributed by atoms with E-state index in [1.54, 1.807) is 11.8 Å². The molecule has 100 valence electrons. The summed E-state index contributed by atoms with van der Waals surface area (Å²) in [4.78, 5) is 11.5. The molecule has 1 aliphatic rings. The summed E-state index contributed by atoms with van der Waals surface area (Å²) in [5.41, 5.74) is -0.664. The summed E-state index contributed by atoms with van der Waals surface area (Å²) in [6.07, 6.45) is 2.70. The molecule has 0 saturated heterocycles. The van der Waals surface area contributed by atoms with Crippen LogP contribution < -0.4 is 0 Å². The van der Waals surface area contributed by atoms with Crippen LogP contribution in [-0.2, 0) is 9.53 Å². The molecule has 17 heavy (non-hydrogen) atoms. The van der Waals surface area contributed by atoms with Gasteiger partial charge in [0.1, 0.15) is 0 Å². The molecule has 0 amide bonds. The third-order valence-electron chi connectivity index (χ3n) is 3.14. The third-order valence-corrected chi connectivity index (χ3v) is 4.36. The minimum Gasteiger partial charge on any atom is -0.466 e. The first kappa shape index (κ1) is 14.8. The van der Waals surface area contributed by atoms with E-state index in [0.717, 1.165) is 0 Å². The fraction of sp³-hybridized carbons (Fsp3) is 0.917. The average Bonchev–Trinajstić information content (AvgIpc) is 2.30. The first-order chi connectivity index (χ1) is 8.11. The maximum Gasteiger partial charge on any atom is 0.308 e. The molecule has 0 bridgehead atoms. The van der Waals surface area contributed by atoms with E-state index in [0.29, 0.717) is 43.8 Å².